The zero-order valence-electron chi connectivity index (χ0n) is 22.4. The van der Waals surface area contributed by atoms with E-state index in [1.807, 2.05) is 0 Å². The first kappa shape index (κ1) is 27.5. The van der Waals surface area contributed by atoms with Crippen LogP contribution in [0.1, 0.15) is 32.6 Å². The van der Waals surface area contributed by atoms with Gasteiger partial charge in [0.25, 0.3) is 0 Å². The van der Waals surface area contributed by atoms with Crippen LogP contribution in [0.3, 0.4) is 0 Å². The number of ketones is 1. The van der Waals surface area contributed by atoms with E-state index in [-0.39, 0.29) is 46.7 Å². The molecule has 0 spiro atoms. The van der Waals surface area contributed by atoms with Gasteiger partial charge in [-0.1, -0.05) is 18.2 Å². The number of hydrogen-bond acceptors (Lipinski definition) is 6. The van der Waals surface area contributed by atoms with Gasteiger partial charge in [0.2, 0.25) is 0 Å². The summed E-state index contributed by atoms with van der Waals surface area (Å²) >= 11 is 0. The Balaban J connectivity index is 1.25. The third-order valence-electron chi connectivity index (χ3n) is 7.31. The minimum absolute atomic E-state index is 0.00882. The number of ether oxygens (including phenoxy) is 3. The Morgan fingerprint density at radius 2 is 1.90 bits per heavy atom. The molecule has 1 aliphatic carbocycles. The minimum Gasteiger partial charge on any atom is -0.454 e. The van der Waals surface area contributed by atoms with Crippen molar-refractivity contribution in [3.8, 4) is 22.9 Å². The molecule has 1 fully saturated rings. The van der Waals surface area contributed by atoms with Gasteiger partial charge >= 0.3 is 6.61 Å². The molecule has 11 heteroatoms. The number of aromatic nitrogens is 2. The lowest BCUT2D eigenvalue weighted by atomic mass is 9.94. The van der Waals surface area contributed by atoms with Crippen molar-refractivity contribution in [2.24, 2.45) is 5.92 Å². The highest BCUT2D eigenvalue weighted by atomic mass is 19.3. The second-order valence-corrected chi connectivity index (χ2v) is 10.3. The minimum atomic E-state index is -2.99. The fraction of sp³-hybridized carbons (Fsp3) is 0.226. The van der Waals surface area contributed by atoms with Crippen LogP contribution in [-0.4, -0.2) is 35.4 Å². The molecular weight excluding hydrogens is 554 g/mol. The maximum atomic E-state index is 15.3. The zero-order chi connectivity index (χ0) is 29.5. The first-order valence-corrected chi connectivity index (χ1v) is 13.2. The summed E-state index contributed by atoms with van der Waals surface area (Å²) in [5, 5.41) is 4.17. The largest absolute Gasteiger partial charge is 0.454 e. The topological polar surface area (TPSA) is 88.6 Å². The highest BCUT2D eigenvalue weighted by Crippen LogP contribution is 2.37. The number of carbonyl (C=O) groups excluding carboxylic acids is 1. The smallest absolute Gasteiger partial charge is 0.387 e. The molecule has 3 aromatic carbocycles. The lowest BCUT2D eigenvalue weighted by Gasteiger charge is -2.27. The van der Waals surface area contributed by atoms with Crippen LogP contribution < -0.4 is 15.2 Å². The van der Waals surface area contributed by atoms with Crippen LogP contribution >= 0.6 is 0 Å². The Hall–Kier alpha value is -4.64. The number of nitrogens with two attached hydrogens (primary N) is 1. The fourth-order valence-electron chi connectivity index (χ4n) is 5.22. The molecule has 0 bridgehead atoms. The van der Waals surface area contributed by atoms with Crippen molar-refractivity contribution in [3.63, 3.8) is 0 Å². The van der Waals surface area contributed by atoms with Crippen molar-refractivity contribution in [3.05, 3.63) is 99.8 Å². The molecule has 1 aliphatic heterocycles. The summed E-state index contributed by atoms with van der Waals surface area (Å²) in [5.41, 5.74) is 9.17. The number of halogens is 4. The van der Waals surface area contributed by atoms with Crippen LogP contribution in [0.4, 0.5) is 23.4 Å². The SMILES string of the molecule is Cc1cc(Oc2ccccc2F)cc(F)c1-n1ncc(C(=O)C2=Cc3cc(OC(F)F)c(CC4COC4)cc3C2)c1N. The summed E-state index contributed by atoms with van der Waals surface area (Å²) in [4.78, 5) is 13.5. The van der Waals surface area contributed by atoms with Gasteiger partial charge in [0.15, 0.2) is 23.2 Å². The van der Waals surface area contributed by atoms with Crippen molar-refractivity contribution < 1.29 is 36.6 Å². The second kappa shape index (κ2) is 11.0. The summed E-state index contributed by atoms with van der Waals surface area (Å²) in [6.07, 6.45) is 3.66. The summed E-state index contributed by atoms with van der Waals surface area (Å²) in [6, 6.07) is 11.7. The van der Waals surface area contributed by atoms with E-state index in [0.29, 0.717) is 41.9 Å². The van der Waals surface area contributed by atoms with Gasteiger partial charge in [0.1, 0.15) is 23.0 Å². The molecule has 0 radical (unpaired) electrons. The van der Waals surface area contributed by atoms with Gasteiger partial charge < -0.3 is 19.9 Å². The molecule has 0 atom stereocenters. The number of nitrogen functional groups attached to an aromatic ring is 1. The Morgan fingerprint density at radius 1 is 1.12 bits per heavy atom. The van der Waals surface area contributed by atoms with Crippen LogP contribution in [-0.2, 0) is 17.6 Å². The molecule has 0 saturated carbocycles. The fourth-order valence-corrected chi connectivity index (χ4v) is 5.22. The first-order chi connectivity index (χ1) is 20.2. The summed E-state index contributed by atoms with van der Waals surface area (Å²) in [7, 11) is 0. The number of aryl methyl sites for hydroxylation is 1. The predicted molar refractivity (Wildman–Crippen MR) is 146 cm³/mol. The van der Waals surface area contributed by atoms with Gasteiger partial charge in [-0.15, -0.1) is 0 Å². The van der Waals surface area contributed by atoms with Gasteiger partial charge in [-0.3, -0.25) is 4.79 Å². The number of allylic oxidation sites excluding steroid dienone is 1. The molecule has 6 rings (SSSR count). The van der Waals surface area contributed by atoms with Crippen LogP contribution in [0.2, 0.25) is 0 Å². The van der Waals surface area contributed by atoms with Gasteiger partial charge in [-0.2, -0.15) is 13.9 Å². The molecule has 2 aliphatic rings. The van der Waals surface area contributed by atoms with Gasteiger partial charge in [-0.25, -0.2) is 13.5 Å². The van der Waals surface area contributed by atoms with E-state index in [9.17, 15) is 18.0 Å². The third-order valence-corrected chi connectivity index (χ3v) is 7.31. The van der Waals surface area contributed by atoms with Crippen molar-refractivity contribution >= 4 is 17.7 Å². The Morgan fingerprint density at radius 3 is 2.60 bits per heavy atom. The predicted octanol–water partition coefficient (Wildman–Crippen LogP) is 6.45. The molecular formula is C31H25F4N3O4. The Bertz CT molecular complexity index is 1710. The number of para-hydroxylation sites is 1. The summed E-state index contributed by atoms with van der Waals surface area (Å²) < 4.78 is 72.1. The van der Waals surface area contributed by atoms with Crippen molar-refractivity contribution in [2.75, 3.05) is 18.9 Å². The number of nitrogens with zero attached hydrogens (tertiary/aromatic N) is 2. The van der Waals surface area contributed by atoms with Crippen LogP contribution in [0, 0.1) is 24.5 Å². The molecule has 0 unspecified atom stereocenters. The molecule has 4 aromatic rings. The second-order valence-electron chi connectivity index (χ2n) is 10.3. The highest BCUT2D eigenvalue weighted by molar-refractivity contribution is 6.15. The van der Waals surface area contributed by atoms with E-state index in [4.69, 9.17) is 19.9 Å². The number of carbonyl (C=O) groups is 1. The van der Waals surface area contributed by atoms with Crippen LogP contribution in [0.25, 0.3) is 11.8 Å². The molecule has 7 nitrogen and oxygen atoms in total. The van der Waals surface area contributed by atoms with Crippen LogP contribution in [0.5, 0.6) is 17.2 Å². The number of rotatable bonds is 9. The number of alkyl halides is 2. The molecule has 2 N–H and O–H groups in total. The average Bonchev–Trinajstić information content (AvgIpc) is 3.49. The van der Waals surface area contributed by atoms with Crippen LogP contribution in [0.15, 0.2) is 60.3 Å². The summed E-state index contributed by atoms with van der Waals surface area (Å²) in [5.74, 6) is -1.52. The Kier molecular flexibility index (Phi) is 7.19. The van der Waals surface area contributed by atoms with E-state index < -0.39 is 24.0 Å². The van der Waals surface area contributed by atoms with Gasteiger partial charge in [0.05, 0.1) is 25.0 Å². The lowest BCUT2D eigenvalue weighted by molar-refractivity contribution is -0.0524. The van der Waals surface area contributed by atoms with E-state index in [2.05, 4.69) is 5.10 Å². The van der Waals surface area contributed by atoms with E-state index in [1.165, 1.54) is 36.5 Å². The number of anilines is 1. The summed E-state index contributed by atoms with van der Waals surface area (Å²) in [6.45, 7) is -0.270. The highest BCUT2D eigenvalue weighted by Gasteiger charge is 2.28. The zero-order valence-corrected chi connectivity index (χ0v) is 22.4. The lowest BCUT2D eigenvalue weighted by Crippen LogP contribution is -2.29. The Labute approximate surface area is 238 Å². The van der Waals surface area contributed by atoms with Gasteiger partial charge in [0, 0.05) is 24.0 Å². The monoisotopic (exact) mass is 579 g/mol. The molecule has 216 valence electrons. The third kappa shape index (κ3) is 5.23. The van der Waals surface area contributed by atoms with E-state index in [1.54, 1.807) is 25.1 Å². The molecule has 1 aromatic heterocycles. The normalized spacial score (nSPS) is 14.5. The van der Waals surface area contributed by atoms with E-state index >= 15 is 4.39 Å². The molecule has 2 heterocycles. The molecule has 0 amide bonds. The van der Waals surface area contributed by atoms with Gasteiger partial charge in [-0.05, 0) is 65.9 Å². The average molecular weight is 580 g/mol. The molecule has 1 saturated heterocycles. The maximum Gasteiger partial charge on any atom is 0.387 e. The maximum absolute atomic E-state index is 15.3. The van der Waals surface area contributed by atoms with Crippen molar-refractivity contribution in [2.45, 2.75) is 26.4 Å². The quantitative estimate of drug-likeness (QED) is 0.181. The first-order valence-electron chi connectivity index (χ1n) is 13.2. The number of hydrogen-bond donors (Lipinski definition) is 1. The number of benzene rings is 3. The number of Topliss-reactive ketones (excluding diaryl/α,β-unsaturated/α-hetero) is 1. The standard InChI is InChI=1S/C31H25F4N3O4/c1-16-6-22(41-26-5-3-2-4-24(26)32)12-25(33)28(16)38-30(36)23(13-37-38)29(39)21-9-18-8-20(7-17-14-40-15-17)27(42-31(34)35)11-19(18)10-21/h2-6,8,10-13,17,31H,7,9,14-15,36H2,1H3. The van der Waals surface area contributed by atoms with Crippen molar-refractivity contribution in [1.29, 1.82) is 0 Å². The van der Waals surface area contributed by atoms with Crippen molar-refractivity contribution in [1.82, 2.24) is 9.78 Å². The molecule has 42 heavy (non-hydrogen) atoms. The number of fused-ring (bicyclic) bond motifs is 1. The van der Waals surface area contributed by atoms with E-state index in [0.717, 1.165) is 16.3 Å².